The molecule has 0 radical (unpaired) electrons. The van der Waals surface area contributed by atoms with Crippen molar-refractivity contribution in [2.45, 2.75) is 38.4 Å². The summed E-state index contributed by atoms with van der Waals surface area (Å²) in [5.41, 5.74) is 0.984. The lowest BCUT2D eigenvalue weighted by Crippen LogP contribution is -2.34. The van der Waals surface area contributed by atoms with Crippen LogP contribution in [0.2, 0.25) is 0 Å². The van der Waals surface area contributed by atoms with Crippen LogP contribution < -0.4 is 4.72 Å². The Balaban J connectivity index is 1.97. The average Bonchev–Trinajstić information content (AvgIpc) is 2.47. The standard InChI is InChI=1S/C16H22N2O2S/c1-13-6-2-3-8-15(13)11-18-21(19,20)12-16-9-5-4-7-14(16)10-17/h4-5,7,9,13,15,18H,2-3,6,8,11-12H2,1H3. The molecular weight excluding hydrogens is 284 g/mol. The molecule has 114 valence electrons. The molecule has 0 aromatic heterocycles. The number of hydrogen-bond donors (Lipinski definition) is 1. The number of benzene rings is 1. The Kier molecular flexibility index (Phi) is 5.38. The van der Waals surface area contributed by atoms with Crippen molar-refractivity contribution in [3.8, 4) is 6.07 Å². The average molecular weight is 306 g/mol. The zero-order valence-electron chi connectivity index (χ0n) is 12.4. The van der Waals surface area contributed by atoms with Crippen molar-refractivity contribution in [3.05, 3.63) is 35.4 Å². The van der Waals surface area contributed by atoms with E-state index in [1.165, 1.54) is 19.3 Å². The summed E-state index contributed by atoms with van der Waals surface area (Å²) < 4.78 is 27.1. The molecule has 5 heteroatoms. The van der Waals surface area contributed by atoms with Crippen LogP contribution in [0.1, 0.15) is 43.7 Å². The summed E-state index contributed by atoms with van der Waals surface area (Å²) in [6.07, 6.45) is 4.72. The number of rotatable bonds is 5. The highest BCUT2D eigenvalue weighted by Gasteiger charge is 2.23. The lowest BCUT2D eigenvalue weighted by atomic mass is 9.81. The zero-order valence-corrected chi connectivity index (χ0v) is 13.2. The van der Waals surface area contributed by atoms with Crippen LogP contribution in [0.25, 0.3) is 0 Å². The smallest absolute Gasteiger partial charge is 0.215 e. The minimum absolute atomic E-state index is 0.127. The van der Waals surface area contributed by atoms with Gasteiger partial charge in [0, 0.05) is 6.54 Å². The lowest BCUT2D eigenvalue weighted by molar-refractivity contribution is 0.257. The van der Waals surface area contributed by atoms with Gasteiger partial charge in [0.1, 0.15) is 0 Å². The third kappa shape index (κ3) is 4.55. The van der Waals surface area contributed by atoms with Gasteiger partial charge in [0.15, 0.2) is 0 Å². The third-order valence-corrected chi connectivity index (χ3v) is 5.64. The molecule has 0 heterocycles. The van der Waals surface area contributed by atoms with Gasteiger partial charge in [0.25, 0.3) is 0 Å². The topological polar surface area (TPSA) is 70.0 Å². The summed E-state index contributed by atoms with van der Waals surface area (Å²) in [6.45, 7) is 2.71. The van der Waals surface area contributed by atoms with Gasteiger partial charge in [-0.15, -0.1) is 0 Å². The molecule has 2 rings (SSSR count). The molecule has 21 heavy (non-hydrogen) atoms. The van der Waals surface area contributed by atoms with Gasteiger partial charge >= 0.3 is 0 Å². The monoisotopic (exact) mass is 306 g/mol. The highest BCUT2D eigenvalue weighted by molar-refractivity contribution is 7.88. The van der Waals surface area contributed by atoms with Crippen LogP contribution >= 0.6 is 0 Å². The first-order chi connectivity index (χ1) is 10.0. The van der Waals surface area contributed by atoms with E-state index in [1.54, 1.807) is 24.3 Å². The van der Waals surface area contributed by atoms with Gasteiger partial charge in [0.2, 0.25) is 10.0 Å². The van der Waals surface area contributed by atoms with Crippen molar-refractivity contribution >= 4 is 10.0 Å². The second kappa shape index (κ2) is 7.06. The maximum Gasteiger partial charge on any atom is 0.215 e. The van der Waals surface area contributed by atoms with Crippen molar-refractivity contribution in [2.24, 2.45) is 11.8 Å². The van der Waals surface area contributed by atoms with E-state index in [9.17, 15) is 8.42 Å². The van der Waals surface area contributed by atoms with E-state index < -0.39 is 10.0 Å². The Morgan fingerprint density at radius 2 is 2.00 bits per heavy atom. The molecule has 0 aliphatic heterocycles. The number of nitrogens with one attached hydrogen (secondary N) is 1. The molecule has 0 saturated heterocycles. The Morgan fingerprint density at radius 3 is 2.71 bits per heavy atom. The highest BCUT2D eigenvalue weighted by atomic mass is 32.2. The van der Waals surface area contributed by atoms with Crippen LogP contribution in [-0.4, -0.2) is 15.0 Å². The van der Waals surface area contributed by atoms with Gasteiger partial charge in [-0.05, 0) is 29.9 Å². The summed E-state index contributed by atoms with van der Waals surface area (Å²) in [6, 6.07) is 8.88. The van der Waals surface area contributed by atoms with E-state index in [0.29, 0.717) is 29.5 Å². The molecule has 1 aliphatic rings. The van der Waals surface area contributed by atoms with E-state index in [1.807, 2.05) is 6.07 Å². The molecule has 1 aliphatic carbocycles. The molecule has 1 fully saturated rings. The molecule has 0 spiro atoms. The zero-order chi connectivity index (χ0) is 15.3. The van der Waals surface area contributed by atoms with E-state index in [-0.39, 0.29) is 5.75 Å². The molecule has 2 atom stereocenters. The summed E-state index contributed by atoms with van der Waals surface area (Å²) in [5.74, 6) is 0.880. The minimum Gasteiger partial charge on any atom is -0.215 e. The first-order valence-electron chi connectivity index (χ1n) is 7.47. The Morgan fingerprint density at radius 1 is 1.29 bits per heavy atom. The van der Waals surface area contributed by atoms with Crippen molar-refractivity contribution in [3.63, 3.8) is 0 Å². The van der Waals surface area contributed by atoms with Crippen molar-refractivity contribution in [1.82, 2.24) is 4.72 Å². The van der Waals surface area contributed by atoms with Gasteiger partial charge in [-0.2, -0.15) is 5.26 Å². The quantitative estimate of drug-likeness (QED) is 0.909. The van der Waals surface area contributed by atoms with Crippen molar-refractivity contribution < 1.29 is 8.42 Å². The molecular formula is C16H22N2O2S. The molecule has 0 bridgehead atoms. The maximum atomic E-state index is 12.2. The van der Waals surface area contributed by atoms with Gasteiger partial charge < -0.3 is 0 Å². The van der Waals surface area contributed by atoms with Crippen LogP contribution in [0.4, 0.5) is 0 Å². The Hall–Kier alpha value is -1.38. The second-order valence-corrected chi connectivity index (χ2v) is 7.71. The lowest BCUT2D eigenvalue weighted by Gasteiger charge is -2.28. The maximum absolute atomic E-state index is 12.2. The van der Waals surface area contributed by atoms with E-state index in [0.717, 1.165) is 6.42 Å². The predicted octanol–water partition coefficient (Wildman–Crippen LogP) is 2.80. The normalized spacial score (nSPS) is 22.7. The number of nitriles is 1. The molecule has 1 aromatic rings. The predicted molar refractivity (Wildman–Crippen MR) is 82.9 cm³/mol. The van der Waals surface area contributed by atoms with E-state index in [4.69, 9.17) is 5.26 Å². The fourth-order valence-corrected chi connectivity index (χ4v) is 4.17. The van der Waals surface area contributed by atoms with Crippen LogP contribution in [0.3, 0.4) is 0 Å². The number of nitrogens with zero attached hydrogens (tertiary/aromatic N) is 1. The van der Waals surface area contributed by atoms with Gasteiger partial charge in [-0.3, -0.25) is 0 Å². The summed E-state index contributed by atoms with van der Waals surface area (Å²) >= 11 is 0. The molecule has 1 aromatic carbocycles. The Labute approximate surface area is 127 Å². The van der Waals surface area contributed by atoms with E-state index in [2.05, 4.69) is 11.6 Å². The highest BCUT2D eigenvalue weighted by Crippen LogP contribution is 2.29. The summed E-state index contributed by atoms with van der Waals surface area (Å²) in [4.78, 5) is 0. The first-order valence-corrected chi connectivity index (χ1v) is 9.12. The number of sulfonamides is 1. The van der Waals surface area contributed by atoms with Crippen LogP contribution in [0, 0.1) is 23.2 Å². The molecule has 1 saturated carbocycles. The fourth-order valence-electron chi connectivity index (χ4n) is 2.94. The second-order valence-electron chi connectivity index (χ2n) is 5.90. The van der Waals surface area contributed by atoms with E-state index >= 15 is 0 Å². The summed E-state index contributed by atoms with van der Waals surface area (Å²) in [5, 5.41) is 9.02. The van der Waals surface area contributed by atoms with Gasteiger partial charge in [-0.25, -0.2) is 13.1 Å². The van der Waals surface area contributed by atoms with Crippen LogP contribution in [-0.2, 0) is 15.8 Å². The minimum atomic E-state index is -3.39. The molecule has 4 nitrogen and oxygen atoms in total. The third-order valence-electron chi connectivity index (χ3n) is 4.34. The number of hydrogen-bond acceptors (Lipinski definition) is 3. The molecule has 1 N–H and O–H groups in total. The van der Waals surface area contributed by atoms with Crippen LogP contribution in [0.5, 0.6) is 0 Å². The molecule has 0 amide bonds. The van der Waals surface area contributed by atoms with Gasteiger partial charge in [0.05, 0.1) is 17.4 Å². The fraction of sp³-hybridized carbons (Fsp3) is 0.562. The van der Waals surface area contributed by atoms with Crippen molar-refractivity contribution in [1.29, 1.82) is 5.26 Å². The van der Waals surface area contributed by atoms with Crippen molar-refractivity contribution in [2.75, 3.05) is 6.54 Å². The Bertz CT molecular complexity index is 619. The largest absolute Gasteiger partial charge is 0.215 e. The van der Waals surface area contributed by atoms with Crippen LogP contribution in [0.15, 0.2) is 24.3 Å². The molecule has 2 unspecified atom stereocenters. The van der Waals surface area contributed by atoms with Gasteiger partial charge in [-0.1, -0.05) is 44.4 Å². The first kappa shape index (κ1) is 16.0. The SMILES string of the molecule is CC1CCCCC1CNS(=O)(=O)Cc1ccccc1C#N. The summed E-state index contributed by atoms with van der Waals surface area (Å²) in [7, 11) is -3.39.